The van der Waals surface area contributed by atoms with Crippen molar-refractivity contribution in [3.8, 4) is 0 Å². The molecule has 1 saturated carbocycles. The van der Waals surface area contributed by atoms with E-state index in [1.54, 1.807) is 0 Å². The van der Waals surface area contributed by atoms with Crippen molar-refractivity contribution < 1.29 is 0 Å². The van der Waals surface area contributed by atoms with Crippen molar-refractivity contribution >= 4 is 0 Å². The third-order valence-electron chi connectivity index (χ3n) is 4.48. The summed E-state index contributed by atoms with van der Waals surface area (Å²) in [5.41, 5.74) is 3.34. The van der Waals surface area contributed by atoms with E-state index in [1.165, 1.54) is 36.8 Å². The lowest BCUT2D eigenvalue weighted by Gasteiger charge is -2.28. The number of benzene rings is 1. The fourth-order valence-corrected chi connectivity index (χ4v) is 3.21. The average molecular weight is 259 g/mol. The summed E-state index contributed by atoms with van der Waals surface area (Å²) >= 11 is 0. The van der Waals surface area contributed by atoms with Crippen LogP contribution in [0.4, 0.5) is 0 Å². The van der Waals surface area contributed by atoms with Crippen LogP contribution in [0.15, 0.2) is 24.3 Å². The minimum atomic E-state index is 0.470. The Morgan fingerprint density at radius 2 is 1.79 bits per heavy atom. The topological polar surface area (TPSA) is 12.0 Å². The lowest BCUT2D eigenvalue weighted by atomic mass is 9.87. The second kappa shape index (κ2) is 6.09. The SMILES string of the molecule is CC(C)Cc1ccc(CNC2CCCC2(C)C)cc1. The van der Waals surface area contributed by atoms with Gasteiger partial charge in [-0.25, -0.2) is 0 Å². The zero-order valence-electron chi connectivity index (χ0n) is 13.0. The summed E-state index contributed by atoms with van der Waals surface area (Å²) in [6.07, 6.45) is 5.25. The van der Waals surface area contributed by atoms with E-state index in [2.05, 4.69) is 57.3 Å². The highest BCUT2D eigenvalue weighted by atomic mass is 14.9. The average Bonchev–Trinajstić information content (AvgIpc) is 2.67. The van der Waals surface area contributed by atoms with Crippen molar-refractivity contribution in [2.75, 3.05) is 0 Å². The summed E-state index contributed by atoms with van der Waals surface area (Å²) < 4.78 is 0. The molecule has 0 heterocycles. The van der Waals surface area contributed by atoms with Gasteiger partial charge in [0.1, 0.15) is 0 Å². The van der Waals surface area contributed by atoms with Crippen molar-refractivity contribution in [3.63, 3.8) is 0 Å². The van der Waals surface area contributed by atoms with Gasteiger partial charge in [0.2, 0.25) is 0 Å². The van der Waals surface area contributed by atoms with E-state index < -0.39 is 0 Å². The molecule has 19 heavy (non-hydrogen) atoms. The quantitative estimate of drug-likeness (QED) is 0.817. The van der Waals surface area contributed by atoms with E-state index in [9.17, 15) is 0 Å². The van der Waals surface area contributed by atoms with E-state index in [4.69, 9.17) is 0 Å². The predicted octanol–water partition coefficient (Wildman–Crippen LogP) is 4.55. The second-order valence-electron chi connectivity index (χ2n) is 7.23. The first-order valence-electron chi connectivity index (χ1n) is 7.78. The van der Waals surface area contributed by atoms with Crippen molar-refractivity contribution in [1.29, 1.82) is 0 Å². The molecule has 106 valence electrons. The smallest absolute Gasteiger partial charge is 0.0208 e. The van der Waals surface area contributed by atoms with Gasteiger partial charge >= 0.3 is 0 Å². The first kappa shape index (κ1) is 14.6. The van der Waals surface area contributed by atoms with Crippen LogP contribution in [0.3, 0.4) is 0 Å². The van der Waals surface area contributed by atoms with Gasteiger partial charge in [-0.3, -0.25) is 0 Å². The Hall–Kier alpha value is -0.820. The van der Waals surface area contributed by atoms with Crippen LogP contribution in [0.5, 0.6) is 0 Å². The largest absolute Gasteiger partial charge is 0.309 e. The van der Waals surface area contributed by atoms with Gasteiger partial charge in [0.05, 0.1) is 0 Å². The molecule has 1 nitrogen and oxygen atoms in total. The van der Waals surface area contributed by atoms with E-state index >= 15 is 0 Å². The second-order valence-corrected chi connectivity index (χ2v) is 7.23. The standard InChI is InChI=1S/C18H29N/c1-14(2)12-15-7-9-16(10-8-15)13-19-17-6-5-11-18(17,3)4/h7-10,14,17,19H,5-6,11-13H2,1-4H3. The normalized spacial score (nSPS) is 22.1. The highest BCUT2D eigenvalue weighted by Gasteiger charge is 2.33. The summed E-state index contributed by atoms with van der Waals surface area (Å²) in [5, 5.41) is 3.75. The van der Waals surface area contributed by atoms with E-state index in [0.29, 0.717) is 11.5 Å². The van der Waals surface area contributed by atoms with Crippen molar-refractivity contribution in [3.05, 3.63) is 35.4 Å². The van der Waals surface area contributed by atoms with Crippen LogP contribution in [0, 0.1) is 11.3 Å². The molecule has 1 aliphatic rings. The first-order valence-corrected chi connectivity index (χ1v) is 7.78. The van der Waals surface area contributed by atoms with Crippen LogP contribution >= 0.6 is 0 Å². The summed E-state index contributed by atoms with van der Waals surface area (Å²) in [4.78, 5) is 0. The molecule has 0 radical (unpaired) electrons. The molecule has 0 aliphatic heterocycles. The first-order chi connectivity index (χ1) is 8.97. The Labute approximate surface area is 118 Å². The maximum Gasteiger partial charge on any atom is 0.0208 e. The van der Waals surface area contributed by atoms with Gasteiger partial charge in [-0.2, -0.15) is 0 Å². The Morgan fingerprint density at radius 3 is 2.32 bits per heavy atom. The summed E-state index contributed by atoms with van der Waals surface area (Å²) in [6.45, 7) is 10.3. The summed E-state index contributed by atoms with van der Waals surface area (Å²) in [5.74, 6) is 0.739. The molecule has 0 bridgehead atoms. The van der Waals surface area contributed by atoms with Gasteiger partial charge in [-0.1, -0.05) is 58.4 Å². The molecule has 1 aromatic carbocycles. The molecule has 1 N–H and O–H groups in total. The zero-order valence-corrected chi connectivity index (χ0v) is 13.0. The van der Waals surface area contributed by atoms with Crippen molar-refractivity contribution in [1.82, 2.24) is 5.32 Å². The van der Waals surface area contributed by atoms with Crippen LogP contribution in [-0.4, -0.2) is 6.04 Å². The van der Waals surface area contributed by atoms with E-state index in [-0.39, 0.29) is 0 Å². The minimum absolute atomic E-state index is 0.470. The molecule has 1 heteroatoms. The van der Waals surface area contributed by atoms with Gasteiger partial charge in [-0.05, 0) is 41.7 Å². The zero-order chi connectivity index (χ0) is 13.9. The molecule has 0 saturated heterocycles. The number of rotatable bonds is 5. The molecular weight excluding hydrogens is 230 g/mol. The fraction of sp³-hybridized carbons (Fsp3) is 0.667. The van der Waals surface area contributed by atoms with E-state index in [1.807, 2.05) is 0 Å². The number of nitrogens with one attached hydrogen (secondary N) is 1. The van der Waals surface area contributed by atoms with E-state index in [0.717, 1.165) is 12.5 Å². The molecule has 1 atom stereocenters. The van der Waals surface area contributed by atoms with Crippen LogP contribution in [0.25, 0.3) is 0 Å². The molecule has 2 rings (SSSR count). The predicted molar refractivity (Wildman–Crippen MR) is 83.2 cm³/mol. The van der Waals surface area contributed by atoms with Gasteiger partial charge in [0.25, 0.3) is 0 Å². The maximum atomic E-state index is 3.75. The third kappa shape index (κ3) is 4.07. The monoisotopic (exact) mass is 259 g/mol. The van der Waals surface area contributed by atoms with Gasteiger partial charge < -0.3 is 5.32 Å². The van der Waals surface area contributed by atoms with Crippen molar-refractivity contribution in [2.45, 2.75) is 66.0 Å². The van der Waals surface area contributed by atoms with Crippen LogP contribution < -0.4 is 5.32 Å². The van der Waals surface area contributed by atoms with Crippen molar-refractivity contribution in [2.24, 2.45) is 11.3 Å². The molecule has 0 aromatic heterocycles. The maximum absolute atomic E-state index is 3.75. The molecular formula is C18H29N. The third-order valence-corrected chi connectivity index (χ3v) is 4.48. The molecule has 0 amide bonds. The number of hydrogen-bond donors (Lipinski definition) is 1. The Bertz CT molecular complexity index is 389. The lowest BCUT2D eigenvalue weighted by molar-refractivity contribution is 0.282. The van der Waals surface area contributed by atoms with Crippen LogP contribution in [-0.2, 0) is 13.0 Å². The van der Waals surface area contributed by atoms with Crippen LogP contribution in [0.2, 0.25) is 0 Å². The molecule has 1 unspecified atom stereocenters. The Balaban J connectivity index is 1.86. The summed E-state index contributed by atoms with van der Waals surface area (Å²) in [7, 11) is 0. The highest BCUT2D eigenvalue weighted by Crippen LogP contribution is 2.37. The lowest BCUT2D eigenvalue weighted by Crippen LogP contribution is -2.37. The molecule has 1 aromatic rings. The molecule has 0 spiro atoms. The molecule has 1 fully saturated rings. The fourth-order valence-electron chi connectivity index (χ4n) is 3.21. The van der Waals surface area contributed by atoms with Crippen LogP contribution in [0.1, 0.15) is 58.1 Å². The Kier molecular flexibility index (Phi) is 4.67. The Morgan fingerprint density at radius 1 is 1.16 bits per heavy atom. The minimum Gasteiger partial charge on any atom is -0.309 e. The summed E-state index contributed by atoms with van der Waals surface area (Å²) in [6, 6.07) is 9.83. The van der Waals surface area contributed by atoms with Gasteiger partial charge in [0, 0.05) is 12.6 Å². The molecule has 1 aliphatic carbocycles. The van der Waals surface area contributed by atoms with Gasteiger partial charge in [0.15, 0.2) is 0 Å². The highest BCUT2D eigenvalue weighted by molar-refractivity contribution is 5.22. The van der Waals surface area contributed by atoms with Gasteiger partial charge in [-0.15, -0.1) is 0 Å². The number of hydrogen-bond acceptors (Lipinski definition) is 1.